The number of carbonyl (C=O) groups is 1. The molecule has 124 valence electrons. The highest BCUT2D eigenvalue weighted by molar-refractivity contribution is 5.66. The number of unbranched alkanes of at least 4 members (excludes halogenated alkanes) is 9. The Morgan fingerprint density at radius 2 is 1.55 bits per heavy atom. The zero-order chi connectivity index (χ0) is 16.3. The van der Waals surface area contributed by atoms with Crippen molar-refractivity contribution in [2.24, 2.45) is 0 Å². The minimum atomic E-state index is -0.775. The molecule has 2 nitrogen and oxygen atoms in total. The molecule has 0 bridgehead atoms. The molecule has 0 aromatic rings. The number of rotatable bonds is 14. The topological polar surface area (TPSA) is 37.3 Å². The van der Waals surface area contributed by atoms with Gasteiger partial charge in [-0.1, -0.05) is 81.9 Å². The molecule has 0 atom stereocenters. The highest BCUT2D eigenvalue weighted by atomic mass is 16.4. The van der Waals surface area contributed by atoms with Gasteiger partial charge in [0.1, 0.15) is 0 Å². The van der Waals surface area contributed by atoms with Crippen LogP contribution in [0.5, 0.6) is 0 Å². The van der Waals surface area contributed by atoms with Crippen molar-refractivity contribution in [2.45, 2.75) is 84.0 Å². The zero-order valence-electron chi connectivity index (χ0n) is 14.2. The van der Waals surface area contributed by atoms with E-state index >= 15 is 0 Å². The van der Waals surface area contributed by atoms with Crippen molar-refractivity contribution in [1.82, 2.24) is 0 Å². The van der Waals surface area contributed by atoms with Crippen molar-refractivity contribution in [1.29, 1.82) is 0 Å². The van der Waals surface area contributed by atoms with Gasteiger partial charge in [0.15, 0.2) is 0 Å². The molecule has 0 spiro atoms. The Hall–Kier alpha value is -1.49. The molecule has 0 unspecified atom stereocenters. The molecular formula is C20H32O2. The number of hydrogen-bond acceptors (Lipinski definition) is 1. The van der Waals surface area contributed by atoms with Crippen molar-refractivity contribution in [3.05, 3.63) is 35.8 Å². The van der Waals surface area contributed by atoms with E-state index in [9.17, 15) is 4.79 Å². The summed E-state index contributed by atoms with van der Waals surface area (Å²) in [6, 6.07) is 0. The van der Waals surface area contributed by atoms with Crippen LogP contribution in [-0.4, -0.2) is 11.1 Å². The number of allylic oxidation sites excluding steroid dienone is 4. The lowest BCUT2D eigenvalue weighted by atomic mass is 10.1. The molecule has 0 fully saturated rings. The van der Waals surface area contributed by atoms with Gasteiger partial charge < -0.3 is 5.11 Å². The summed E-state index contributed by atoms with van der Waals surface area (Å²) in [5.74, 6) is -0.775. The molecule has 0 saturated heterocycles. The van der Waals surface area contributed by atoms with Crippen LogP contribution in [-0.2, 0) is 4.79 Å². The van der Waals surface area contributed by atoms with Gasteiger partial charge in [0.25, 0.3) is 0 Å². The second kappa shape index (κ2) is 17.6. The lowest BCUT2D eigenvalue weighted by molar-refractivity contribution is -0.136. The molecule has 0 aromatic heterocycles. The molecule has 0 amide bonds. The average Bonchev–Trinajstić information content (AvgIpc) is 2.50. The maximum Gasteiger partial charge on any atom is 0.303 e. The fraction of sp³-hybridized carbons (Fsp3) is 0.650. The lowest BCUT2D eigenvalue weighted by Gasteiger charge is -2.00. The second-order valence-corrected chi connectivity index (χ2v) is 5.64. The Morgan fingerprint density at radius 1 is 0.909 bits per heavy atom. The summed E-state index contributed by atoms with van der Waals surface area (Å²) >= 11 is 0. The molecule has 0 aromatic carbocycles. The third-order valence-corrected chi connectivity index (χ3v) is 3.48. The normalized spacial score (nSPS) is 10.2. The number of carboxylic acid groups (broad SMARTS) is 1. The van der Waals surface area contributed by atoms with E-state index in [1.165, 1.54) is 57.8 Å². The minimum absolute atomic E-state index is 0.156. The summed E-state index contributed by atoms with van der Waals surface area (Å²) in [6.45, 7) is 2.26. The molecule has 0 aliphatic rings. The minimum Gasteiger partial charge on any atom is -0.481 e. The quantitative estimate of drug-likeness (QED) is 0.236. The molecule has 2 heteroatoms. The summed E-state index contributed by atoms with van der Waals surface area (Å²) in [6.07, 6.45) is 21.7. The Kier molecular flexibility index (Phi) is 16.4. The van der Waals surface area contributed by atoms with E-state index in [0.717, 1.165) is 6.42 Å². The van der Waals surface area contributed by atoms with Crippen LogP contribution in [0.3, 0.4) is 0 Å². The van der Waals surface area contributed by atoms with E-state index in [4.69, 9.17) is 5.11 Å². The summed E-state index contributed by atoms with van der Waals surface area (Å²) < 4.78 is 0. The summed E-state index contributed by atoms with van der Waals surface area (Å²) in [5.41, 5.74) is 5.72. The number of hydrogen-bond donors (Lipinski definition) is 1. The van der Waals surface area contributed by atoms with Crippen molar-refractivity contribution in [3.63, 3.8) is 0 Å². The Bertz CT molecular complexity index is 381. The van der Waals surface area contributed by atoms with Crippen LogP contribution in [0.1, 0.15) is 84.0 Å². The van der Waals surface area contributed by atoms with Crippen LogP contribution >= 0.6 is 0 Å². The van der Waals surface area contributed by atoms with Gasteiger partial charge in [-0.05, 0) is 31.4 Å². The molecule has 1 N–H and O–H groups in total. The Balaban J connectivity index is 3.40. The van der Waals surface area contributed by atoms with Gasteiger partial charge in [-0.3, -0.25) is 4.79 Å². The van der Waals surface area contributed by atoms with Gasteiger partial charge in [-0.2, -0.15) is 0 Å². The maximum absolute atomic E-state index is 10.3. The molecule has 0 rings (SSSR count). The number of carboxylic acids is 1. The monoisotopic (exact) mass is 304 g/mol. The fourth-order valence-corrected chi connectivity index (χ4v) is 2.16. The van der Waals surface area contributed by atoms with Gasteiger partial charge in [-0.15, -0.1) is 0 Å². The van der Waals surface area contributed by atoms with Crippen LogP contribution in [0.25, 0.3) is 0 Å². The zero-order valence-corrected chi connectivity index (χ0v) is 14.2. The van der Waals surface area contributed by atoms with Crippen molar-refractivity contribution in [3.8, 4) is 0 Å². The first-order chi connectivity index (χ1) is 10.8. The first-order valence-electron chi connectivity index (χ1n) is 8.80. The first-order valence-corrected chi connectivity index (χ1v) is 8.80. The summed E-state index contributed by atoms with van der Waals surface area (Å²) in [7, 11) is 0. The average molecular weight is 304 g/mol. The Morgan fingerprint density at radius 3 is 2.18 bits per heavy atom. The molecule has 22 heavy (non-hydrogen) atoms. The fourth-order valence-electron chi connectivity index (χ4n) is 2.16. The predicted octanol–water partition coefficient (Wildman–Crippen LogP) is 6.19. The van der Waals surface area contributed by atoms with Crippen LogP contribution in [0.15, 0.2) is 35.8 Å². The predicted molar refractivity (Wildman–Crippen MR) is 94.0 cm³/mol. The van der Waals surface area contributed by atoms with Gasteiger partial charge in [-0.25, -0.2) is 0 Å². The van der Waals surface area contributed by atoms with Crippen LogP contribution in [0.2, 0.25) is 0 Å². The van der Waals surface area contributed by atoms with Gasteiger partial charge in [0, 0.05) is 6.42 Å². The first kappa shape index (κ1) is 20.5. The highest BCUT2D eigenvalue weighted by Gasteiger charge is 1.91. The molecule has 0 aliphatic heterocycles. The number of aliphatic carboxylic acids is 1. The second-order valence-electron chi connectivity index (χ2n) is 5.64. The smallest absolute Gasteiger partial charge is 0.303 e. The summed E-state index contributed by atoms with van der Waals surface area (Å²) in [4.78, 5) is 10.3. The molecule has 0 radical (unpaired) electrons. The lowest BCUT2D eigenvalue weighted by Crippen LogP contribution is -1.91. The Labute approximate surface area is 136 Å². The molecule has 0 aliphatic carbocycles. The van der Waals surface area contributed by atoms with Crippen molar-refractivity contribution >= 4 is 5.97 Å². The third kappa shape index (κ3) is 18.5. The van der Waals surface area contributed by atoms with E-state index in [2.05, 4.69) is 24.5 Å². The van der Waals surface area contributed by atoms with Crippen molar-refractivity contribution < 1.29 is 9.90 Å². The van der Waals surface area contributed by atoms with Crippen LogP contribution in [0.4, 0.5) is 0 Å². The van der Waals surface area contributed by atoms with E-state index < -0.39 is 5.97 Å². The summed E-state index contributed by atoms with van der Waals surface area (Å²) in [5, 5.41) is 8.45. The largest absolute Gasteiger partial charge is 0.481 e. The molecule has 0 saturated carbocycles. The van der Waals surface area contributed by atoms with Gasteiger partial charge >= 0.3 is 5.97 Å². The van der Waals surface area contributed by atoms with E-state index in [1.807, 2.05) is 12.2 Å². The molecule has 0 heterocycles. The molecular weight excluding hydrogens is 272 g/mol. The van der Waals surface area contributed by atoms with Crippen molar-refractivity contribution in [2.75, 3.05) is 0 Å². The van der Waals surface area contributed by atoms with E-state index in [1.54, 1.807) is 6.08 Å². The third-order valence-electron chi connectivity index (χ3n) is 3.48. The SMILES string of the molecule is CCCCCCCCCCC/C=C/C=C=C=CCCC(=O)O. The van der Waals surface area contributed by atoms with Gasteiger partial charge in [0.2, 0.25) is 0 Å². The maximum atomic E-state index is 10.3. The van der Waals surface area contributed by atoms with Crippen LogP contribution < -0.4 is 0 Å². The van der Waals surface area contributed by atoms with Crippen LogP contribution in [0, 0.1) is 0 Å². The van der Waals surface area contributed by atoms with Gasteiger partial charge in [0.05, 0.1) is 0 Å². The highest BCUT2D eigenvalue weighted by Crippen LogP contribution is 2.10. The standard InChI is InChI=1S/C20H32O2/c1-2-3-4-5-6-7-8-9-10-11-12-13-14-15-16-17-18-19-20(21)22/h12-14,17H,2-11,18-19H2,1H3,(H,21,22)/b13-12+,17-14?. The van der Waals surface area contributed by atoms with E-state index in [0.29, 0.717) is 6.42 Å². The van der Waals surface area contributed by atoms with E-state index in [-0.39, 0.29) is 6.42 Å².